The van der Waals surface area contributed by atoms with E-state index in [1.165, 1.54) is 12.1 Å². The van der Waals surface area contributed by atoms with Crippen LogP contribution in [-0.4, -0.2) is 35.8 Å². The van der Waals surface area contributed by atoms with Gasteiger partial charge in [-0.3, -0.25) is 4.79 Å². The Kier molecular flexibility index (Phi) is 4.01. The minimum atomic E-state index is -1.30. The van der Waals surface area contributed by atoms with E-state index in [0.717, 1.165) is 0 Å². The Bertz CT molecular complexity index is 493. The van der Waals surface area contributed by atoms with E-state index in [0.29, 0.717) is 30.9 Å². The number of aliphatic hydroxyl groups excluding tert-OH is 2. The van der Waals surface area contributed by atoms with Crippen molar-refractivity contribution in [2.24, 2.45) is 0 Å². The van der Waals surface area contributed by atoms with E-state index in [9.17, 15) is 14.3 Å². The summed E-state index contributed by atoms with van der Waals surface area (Å²) in [6.07, 6.45) is -0.759. The lowest BCUT2D eigenvalue weighted by Crippen LogP contribution is -2.25. The first-order chi connectivity index (χ1) is 9.08. The molecule has 1 atom stereocenters. The average Bonchev–Trinajstić information content (AvgIpc) is 2.66. The molecule has 3 N–H and O–H groups in total. The van der Waals surface area contributed by atoms with Crippen LogP contribution < -0.4 is 10.2 Å². The molecule has 1 amide bonds. The van der Waals surface area contributed by atoms with Crippen molar-refractivity contribution in [1.82, 2.24) is 0 Å². The summed E-state index contributed by atoms with van der Waals surface area (Å²) >= 11 is 0. The van der Waals surface area contributed by atoms with Crippen LogP contribution in [0.4, 0.5) is 15.8 Å². The van der Waals surface area contributed by atoms with Gasteiger partial charge in [0.25, 0.3) is 5.91 Å². The smallest absolute Gasteiger partial charge is 0.257 e. The van der Waals surface area contributed by atoms with Gasteiger partial charge in [0.1, 0.15) is 5.82 Å². The molecular formula is C13H17FN2O3. The molecule has 0 aliphatic carbocycles. The molecule has 6 heteroatoms. The van der Waals surface area contributed by atoms with Gasteiger partial charge >= 0.3 is 0 Å². The van der Waals surface area contributed by atoms with Crippen LogP contribution in [-0.2, 0) is 4.79 Å². The minimum absolute atomic E-state index is 0.0402. The van der Waals surface area contributed by atoms with E-state index in [1.54, 1.807) is 4.90 Å². The third-order valence-corrected chi connectivity index (χ3v) is 3.23. The number of carbonyl (C=O) groups is 1. The second-order valence-corrected chi connectivity index (χ2v) is 4.44. The molecule has 1 aliphatic heterocycles. The zero-order valence-electron chi connectivity index (χ0n) is 10.7. The Balaban J connectivity index is 2.32. The number of rotatable bonds is 5. The first-order valence-electron chi connectivity index (χ1n) is 6.26. The highest BCUT2D eigenvalue weighted by Gasteiger charge is 2.30. The molecule has 0 bridgehead atoms. The first kappa shape index (κ1) is 13.8. The third-order valence-electron chi connectivity index (χ3n) is 3.23. The fraction of sp³-hybridized carbons (Fsp3) is 0.462. The highest BCUT2D eigenvalue weighted by molar-refractivity contribution is 6.02. The van der Waals surface area contributed by atoms with Crippen LogP contribution in [0.2, 0.25) is 0 Å². The van der Waals surface area contributed by atoms with Crippen molar-refractivity contribution >= 4 is 17.3 Å². The maximum absolute atomic E-state index is 14.1. The van der Waals surface area contributed by atoms with Gasteiger partial charge in [0.15, 0.2) is 6.10 Å². The number of aliphatic hydroxyl groups is 2. The maximum Gasteiger partial charge on any atom is 0.257 e. The quantitative estimate of drug-likeness (QED) is 0.745. The number of benzene rings is 1. The second kappa shape index (κ2) is 5.54. The molecule has 19 heavy (non-hydrogen) atoms. The fourth-order valence-corrected chi connectivity index (χ4v) is 2.21. The van der Waals surface area contributed by atoms with E-state index in [2.05, 4.69) is 5.32 Å². The Morgan fingerprint density at radius 2 is 2.21 bits per heavy atom. The van der Waals surface area contributed by atoms with Gasteiger partial charge in [-0.2, -0.15) is 0 Å². The zero-order chi connectivity index (χ0) is 14.0. The number of hydrogen-bond donors (Lipinski definition) is 3. The molecule has 1 heterocycles. The van der Waals surface area contributed by atoms with Crippen LogP contribution in [0.15, 0.2) is 12.1 Å². The number of carbonyl (C=O) groups excluding carboxylic acids is 1. The van der Waals surface area contributed by atoms with Crippen molar-refractivity contribution in [2.75, 3.05) is 29.9 Å². The largest absolute Gasteiger partial charge is 0.396 e. The van der Waals surface area contributed by atoms with E-state index in [4.69, 9.17) is 5.11 Å². The number of halogens is 1. The van der Waals surface area contributed by atoms with Gasteiger partial charge in [-0.1, -0.05) is 0 Å². The molecule has 0 fully saturated rings. The van der Waals surface area contributed by atoms with Gasteiger partial charge in [0, 0.05) is 30.9 Å². The summed E-state index contributed by atoms with van der Waals surface area (Å²) < 4.78 is 14.1. The van der Waals surface area contributed by atoms with Crippen LogP contribution >= 0.6 is 0 Å². The van der Waals surface area contributed by atoms with Crippen molar-refractivity contribution in [2.45, 2.75) is 19.4 Å². The molecule has 0 saturated carbocycles. The predicted molar refractivity (Wildman–Crippen MR) is 69.6 cm³/mol. The topological polar surface area (TPSA) is 72.8 Å². The molecule has 1 aromatic rings. The van der Waals surface area contributed by atoms with Crippen molar-refractivity contribution in [3.8, 4) is 0 Å². The van der Waals surface area contributed by atoms with Crippen LogP contribution in [0, 0.1) is 5.82 Å². The van der Waals surface area contributed by atoms with E-state index in [-0.39, 0.29) is 12.2 Å². The summed E-state index contributed by atoms with van der Waals surface area (Å²) in [4.78, 5) is 13.1. The standard InChI is InChI=1S/C13H17FN2O3/c1-2-16(4-3-5-17)11-7-10-8(6-9(11)14)12(18)13(19)15-10/h6-7,12,17-18H,2-5H2,1H3,(H,15,19). The molecule has 0 aromatic heterocycles. The molecule has 0 spiro atoms. The third kappa shape index (κ3) is 2.54. The lowest BCUT2D eigenvalue weighted by molar-refractivity contribution is -0.123. The van der Waals surface area contributed by atoms with Crippen molar-refractivity contribution in [3.63, 3.8) is 0 Å². The van der Waals surface area contributed by atoms with Crippen molar-refractivity contribution in [3.05, 3.63) is 23.5 Å². The number of nitrogens with one attached hydrogen (secondary N) is 1. The van der Waals surface area contributed by atoms with Gasteiger partial charge in [0.2, 0.25) is 0 Å². The van der Waals surface area contributed by atoms with Crippen LogP contribution in [0.25, 0.3) is 0 Å². The monoisotopic (exact) mass is 268 g/mol. The summed E-state index contributed by atoms with van der Waals surface area (Å²) in [6.45, 7) is 3.04. The molecule has 0 radical (unpaired) electrons. The van der Waals surface area contributed by atoms with E-state index < -0.39 is 17.8 Å². The summed E-state index contributed by atoms with van der Waals surface area (Å²) in [7, 11) is 0. The molecule has 5 nitrogen and oxygen atoms in total. The SMILES string of the molecule is CCN(CCCO)c1cc2c(cc1F)C(O)C(=O)N2. The Hall–Kier alpha value is -1.66. The van der Waals surface area contributed by atoms with Gasteiger partial charge < -0.3 is 20.4 Å². The lowest BCUT2D eigenvalue weighted by Gasteiger charge is -2.24. The average molecular weight is 268 g/mol. The number of fused-ring (bicyclic) bond motifs is 1. The molecule has 1 aromatic carbocycles. The summed E-state index contributed by atoms with van der Waals surface area (Å²) in [5, 5.41) is 20.9. The van der Waals surface area contributed by atoms with E-state index in [1.807, 2.05) is 6.92 Å². The number of hydrogen-bond acceptors (Lipinski definition) is 4. The predicted octanol–water partition coefficient (Wildman–Crippen LogP) is 1.02. The number of nitrogens with zero attached hydrogens (tertiary/aromatic N) is 1. The fourth-order valence-electron chi connectivity index (χ4n) is 2.21. The molecule has 2 rings (SSSR count). The highest BCUT2D eigenvalue weighted by Crippen LogP contribution is 2.35. The number of anilines is 2. The highest BCUT2D eigenvalue weighted by atomic mass is 19.1. The summed E-state index contributed by atoms with van der Waals surface area (Å²) in [5.74, 6) is -1.01. The second-order valence-electron chi connectivity index (χ2n) is 4.44. The maximum atomic E-state index is 14.1. The van der Waals surface area contributed by atoms with Gasteiger partial charge in [-0.05, 0) is 25.5 Å². The molecule has 0 saturated heterocycles. The zero-order valence-corrected chi connectivity index (χ0v) is 10.7. The van der Waals surface area contributed by atoms with Crippen LogP contribution in [0.3, 0.4) is 0 Å². The van der Waals surface area contributed by atoms with Crippen LogP contribution in [0.1, 0.15) is 25.0 Å². The van der Waals surface area contributed by atoms with Gasteiger partial charge in [-0.15, -0.1) is 0 Å². The number of amides is 1. The Morgan fingerprint density at radius 1 is 1.47 bits per heavy atom. The normalized spacial score (nSPS) is 17.3. The van der Waals surface area contributed by atoms with Crippen molar-refractivity contribution in [1.29, 1.82) is 0 Å². The summed E-state index contributed by atoms with van der Waals surface area (Å²) in [5.41, 5.74) is 1.07. The van der Waals surface area contributed by atoms with Crippen molar-refractivity contribution < 1.29 is 19.4 Å². The summed E-state index contributed by atoms with van der Waals surface area (Å²) in [6, 6.07) is 2.72. The first-order valence-corrected chi connectivity index (χ1v) is 6.26. The minimum Gasteiger partial charge on any atom is -0.396 e. The molecule has 104 valence electrons. The lowest BCUT2D eigenvalue weighted by atomic mass is 10.1. The van der Waals surface area contributed by atoms with Crippen LogP contribution in [0.5, 0.6) is 0 Å². The van der Waals surface area contributed by atoms with E-state index >= 15 is 0 Å². The Labute approximate surface area is 110 Å². The van der Waals surface area contributed by atoms with Gasteiger partial charge in [0.05, 0.1) is 5.69 Å². The Morgan fingerprint density at radius 3 is 2.84 bits per heavy atom. The van der Waals surface area contributed by atoms with Gasteiger partial charge in [-0.25, -0.2) is 4.39 Å². The molecule has 1 unspecified atom stereocenters. The molecular weight excluding hydrogens is 251 g/mol. The molecule has 1 aliphatic rings.